The average Bonchev–Trinajstić information content (AvgIpc) is 3.34. The second kappa shape index (κ2) is 7.52. The molecular weight excluding hydrogens is 431 g/mol. The summed E-state index contributed by atoms with van der Waals surface area (Å²) in [6.07, 6.45) is 2.04. The molecule has 0 aliphatic heterocycles. The van der Waals surface area contributed by atoms with Gasteiger partial charge in [-0.05, 0) is 24.3 Å². The molecule has 4 aromatic rings. The molecule has 1 aromatic carbocycles. The molecule has 1 amide bonds. The number of rotatable bonds is 5. The van der Waals surface area contributed by atoms with E-state index in [1.54, 1.807) is 30.5 Å². The topological polar surface area (TPSA) is 83.8 Å². The highest BCUT2D eigenvalue weighted by molar-refractivity contribution is 7.21. The number of H-pyrrole nitrogens is 1. The zero-order valence-corrected chi connectivity index (χ0v) is 16.6. The van der Waals surface area contributed by atoms with Crippen LogP contribution in [0.4, 0.5) is 0 Å². The number of hydrogen-bond acceptors (Lipinski definition) is 5. The largest absolute Gasteiger partial charge is 0.461 e. The van der Waals surface area contributed by atoms with E-state index in [9.17, 15) is 4.79 Å². The number of amides is 1. The first-order valence-corrected chi connectivity index (χ1v) is 9.78. The van der Waals surface area contributed by atoms with Crippen molar-refractivity contribution in [2.24, 2.45) is 0 Å². The first-order chi connectivity index (χ1) is 13.0. The summed E-state index contributed by atoms with van der Waals surface area (Å²) in [5.41, 5.74) is 0. The number of hydrogen-bond donors (Lipinski definition) is 2. The van der Waals surface area contributed by atoms with Gasteiger partial charge in [-0.15, -0.1) is 11.3 Å². The van der Waals surface area contributed by atoms with Crippen LogP contribution in [0.5, 0.6) is 0 Å². The van der Waals surface area contributed by atoms with Gasteiger partial charge in [-0.25, -0.2) is 4.98 Å². The lowest BCUT2D eigenvalue weighted by molar-refractivity contribution is 0.0958. The summed E-state index contributed by atoms with van der Waals surface area (Å²) in [6, 6.07) is 6.88. The third-order valence-electron chi connectivity index (χ3n) is 3.78. The molecule has 0 aliphatic carbocycles. The van der Waals surface area contributed by atoms with Gasteiger partial charge in [-0.2, -0.15) is 5.10 Å². The van der Waals surface area contributed by atoms with E-state index < -0.39 is 0 Å². The van der Waals surface area contributed by atoms with E-state index in [0.717, 1.165) is 4.70 Å². The van der Waals surface area contributed by atoms with Gasteiger partial charge < -0.3 is 9.73 Å². The van der Waals surface area contributed by atoms with Crippen molar-refractivity contribution in [3.63, 3.8) is 0 Å². The minimum atomic E-state index is -0.279. The number of nitrogens with zero attached hydrogens (tertiary/aromatic N) is 2. The summed E-state index contributed by atoms with van der Waals surface area (Å²) in [7, 11) is 0. The molecule has 10 heteroatoms. The van der Waals surface area contributed by atoms with Crippen LogP contribution in [-0.2, 0) is 6.42 Å². The molecule has 3 heterocycles. The smallest absolute Gasteiger partial charge is 0.262 e. The maximum atomic E-state index is 12.5. The molecule has 0 atom stereocenters. The van der Waals surface area contributed by atoms with Gasteiger partial charge in [-0.1, -0.05) is 34.8 Å². The number of nitrogens with one attached hydrogen (secondary N) is 2. The SMILES string of the molecule is O=C(NCCc1nc(-c2ccco2)n[nH]1)c1sc2cc(Cl)cc(Cl)c2c1Cl. The van der Waals surface area contributed by atoms with E-state index >= 15 is 0 Å². The Kier molecular flexibility index (Phi) is 5.10. The van der Waals surface area contributed by atoms with Crippen LogP contribution in [0.25, 0.3) is 21.7 Å². The molecular formula is C17H11Cl3N4O2S. The van der Waals surface area contributed by atoms with E-state index in [2.05, 4.69) is 20.5 Å². The number of aromatic amines is 1. The maximum Gasteiger partial charge on any atom is 0.262 e. The lowest BCUT2D eigenvalue weighted by atomic mass is 10.2. The van der Waals surface area contributed by atoms with Crippen LogP contribution in [0.2, 0.25) is 15.1 Å². The van der Waals surface area contributed by atoms with Gasteiger partial charge in [0.15, 0.2) is 5.76 Å². The molecule has 0 saturated heterocycles. The van der Waals surface area contributed by atoms with Crippen LogP contribution in [0, 0.1) is 0 Å². The Morgan fingerprint density at radius 3 is 2.93 bits per heavy atom. The Bertz CT molecular complexity index is 1120. The van der Waals surface area contributed by atoms with Crippen molar-refractivity contribution >= 4 is 62.1 Å². The highest BCUT2D eigenvalue weighted by atomic mass is 35.5. The van der Waals surface area contributed by atoms with E-state index in [4.69, 9.17) is 39.2 Å². The minimum Gasteiger partial charge on any atom is -0.461 e. The van der Waals surface area contributed by atoms with Crippen molar-refractivity contribution in [2.45, 2.75) is 6.42 Å². The van der Waals surface area contributed by atoms with Crippen LogP contribution in [-0.4, -0.2) is 27.6 Å². The number of benzene rings is 1. The van der Waals surface area contributed by atoms with Crippen molar-refractivity contribution < 1.29 is 9.21 Å². The van der Waals surface area contributed by atoms with Crippen molar-refractivity contribution in [3.8, 4) is 11.6 Å². The first kappa shape index (κ1) is 18.3. The maximum absolute atomic E-state index is 12.5. The molecule has 2 N–H and O–H groups in total. The molecule has 0 aliphatic rings. The van der Waals surface area contributed by atoms with Gasteiger partial charge in [0.25, 0.3) is 5.91 Å². The minimum absolute atomic E-state index is 0.279. The normalized spacial score (nSPS) is 11.2. The molecule has 0 saturated carbocycles. The zero-order chi connectivity index (χ0) is 19.0. The van der Waals surface area contributed by atoms with Crippen LogP contribution >= 0.6 is 46.1 Å². The van der Waals surface area contributed by atoms with Gasteiger partial charge in [0.2, 0.25) is 5.82 Å². The number of fused-ring (bicyclic) bond motifs is 1. The Balaban J connectivity index is 1.43. The number of furan rings is 1. The summed E-state index contributed by atoms with van der Waals surface area (Å²) < 4.78 is 6.01. The lowest BCUT2D eigenvalue weighted by Gasteiger charge is -2.02. The summed E-state index contributed by atoms with van der Waals surface area (Å²) in [4.78, 5) is 17.2. The van der Waals surface area contributed by atoms with Gasteiger partial charge in [-0.3, -0.25) is 9.89 Å². The Labute approximate surface area is 172 Å². The summed E-state index contributed by atoms with van der Waals surface area (Å²) in [5.74, 6) is 1.41. The zero-order valence-electron chi connectivity index (χ0n) is 13.6. The van der Waals surface area contributed by atoms with Gasteiger partial charge >= 0.3 is 0 Å². The number of thiophene rings is 1. The number of carbonyl (C=O) groups excluding carboxylic acids is 1. The Morgan fingerprint density at radius 2 is 2.15 bits per heavy atom. The van der Waals surface area contributed by atoms with Crippen LogP contribution < -0.4 is 5.32 Å². The average molecular weight is 442 g/mol. The molecule has 0 unspecified atom stereocenters. The second-order valence-electron chi connectivity index (χ2n) is 5.59. The van der Waals surface area contributed by atoms with E-state index in [0.29, 0.717) is 55.7 Å². The van der Waals surface area contributed by atoms with E-state index in [-0.39, 0.29) is 5.91 Å². The monoisotopic (exact) mass is 440 g/mol. The first-order valence-electron chi connectivity index (χ1n) is 7.83. The molecule has 0 fully saturated rings. The Hall–Kier alpha value is -2.06. The quantitative estimate of drug-likeness (QED) is 0.445. The van der Waals surface area contributed by atoms with Crippen LogP contribution in [0.15, 0.2) is 34.9 Å². The summed E-state index contributed by atoms with van der Waals surface area (Å²) in [6.45, 7) is 0.366. The molecule has 0 bridgehead atoms. The lowest BCUT2D eigenvalue weighted by Crippen LogP contribution is -2.25. The molecule has 0 spiro atoms. The van der Waals surface area contributed by atoms with E-state index in [1.165, 1.54) is 11.3 Å². The predicted octanol–water partition coefficient (Wildman–Crippen LogP) is 5.21. The van der Waals surface area contributed by atoms with Crippen LogP contribution in [0.1, 0.15) is 15.5 Å². The third-order valence-corrected chi connectivity index (χ3v) is 5.92. The van der Waals surface area contributed by atoms with Crippen molar-refractivity contribution in [1.82, 2.24) is 20.5 Å². The molecule has 0 radical (unpaired) electrons. The van der Waals surface area contributed by atoms with Crippen molar-refractivity contribution in [3.05, 3.63) is 56.3 Å². The highest BCUT2D eigenvalue weighted by Crippen LogP contribution is 2.41. The highest BCUT2D eigenvalue weighted by Gasteiger charge is 2.19. The van der Waals surface area contributed by atoms with Gasteiger partial charge in [0.05, 0.1) is 16.3 Å². The van der Waals surface area contributed by atoms with E-state index in [1.807, 2.05) is 0 Å². The van der Waals surface area contributed by atoms with Gasteiger partial charge in [0, 0.05) is 28.1 Å². The molecule has 3 aromatic heterocycles. The standard InChI is InChI=1S/C17H11Cl3N4O2S/c18-8-6-9(19)13-11(7-8)27-15(14(13)20)17(25)21-4-3-12-22-16(24-23-12)10-2-1-5-26-10/h1-2,5-7H,3-4H2,(H,21,25)(H,22,23,24). The van der Waals surface area contributed by atoms with Gasteiger partial charge in [0.1, 0.15) is 10.7 Å². The summed E-state index contributed by atoms with van der Waals surface area (Å²) in [5, 5.41) is 11.6. The van der Waals surface area contributed by atoms with Crippen LogP contribution in [0.3, 0.4) is 0 Å². The van der Waals surface area contributed by atoms with Crippen molar-refractivity contribution in [2.75, 3.05) is 6.54 Å². The number of carbonyl (C=O) groups is 1. The second-order valence-corrected chi connectivity index (χ2v) is 7.87. The molecule has 138 valence electrons. The fraction of sp³-hybridized carbons (Fsp3) is 0.118. The fourth-order valence-electron chi connectivity index (χ4n) is 2.56. The fourth-order valence-corrected chi connectivity index (χ4v) is 4.85. The Morgan fingerprint density at radius 1 is 1.30 bits per heavy atom. The number of aromatic nitrogens is 3. The molecule has 4 rings (SSSR count). The molecule has 27 heavy (non-hydrogen) atoms. The molecule has 6 nitrogen and oxygen atoms in total. The summed E-state index contributed by atoms with van der Waals surface area (Å²) >= 11 is 19.8. The number of halogens is 3. The van der Waals surface area contributed by atoms with Crippen molar-refractivity contribution in [1.29, 1.82) is 0 Å². The third kappa shape index (κ3) is 3.68. The predicted molar refractivity (Wildman–Crippen MR) is 107 cm³/mol.